The quantitative estimate of drug-likeness (QED) is 0.884. The van der Waals surface area contributed by atoms with Gasteiger partial charge in [-0.2, -0.15) is 0 Å². The minimum absolute atomic E-state index is 0.0404. The number of rotatable bonds is 4. The SMILES string of the molecule is CCOC(=O)N1CCC(NC(=O)c2cn(-c3ccc(F)c(C)c3)nn2)CC1. The van der Waals surface area contributed by atoms with Crippen LogP contribution in [0.15, 0.2) is 24.4 Å². The van der Waals surface area contributed by atoms with Crippen molar-refractivity contribution in [3.05, 3.63) is 41.5 Å². The molecule has 2 aromatic rings. The Kier molecular flexibility index (Phi) is 5.68. The van der Waals surface area contributed by atoms with E-state index in [2.05, 4.69) is 15.6 Å². The lowest BCUT2D eigenvalue weighted by molar-refractivity contribution is 0.0856. The lowest BCUT2D eigenvalue weighted by Gasteiger charge is -2.31. The normalized spacial score (nSPS) is 14.9. The van der Waals surface area contributed by atoms with Gasteiger partial charge in [0, 0.05) is 19.1 Å². The Balaban J connectivity index is 1.57. The van der Waals surface area contributed by atoms with E-state index in [0.717, 1.165) is 0 Å². The molecule has 1 aliphatic heterocycles. The summed E-state index contributed by atoms with van der Waals surface area (Å²) in [5.41, 5.74) is 1.30. The molecule has 1 aromatic carbocycles. The molecule has 0 unspecified atom stereocenters. The summed E-state index contributed by atoms with van der Waals surface area (Å²) >= 11 is 0. The van der Waals surface area contributed by atoms with E-state index in [9.17, 15) is 14.0 Å². The van der Waals surface area contributed by atoms with Crippen molar-refractivity contribution in [3.8, 4) is 5.69 Å². The van der Waals surface area contributed by atoms with Crippen molar-refractivity contribution in [2.45, 2.75) is 32.7 Å². The van der Waals surface area contributed by atoms with Crippen molar-refractivity contribution in [2.24, 2.45) is 0 Å². The van der Waals surface area contributed by atoms with Crippen LogP contribution in [0.25, 0.3) is 5.69 Å². The van der Waals surface area contributed by atoms with Crippen LogP contribution in [0, 0.1) is 12.7 Å². The standard InChI is InChI=1S/C18H22FN5O3/c1-3-27-18(26)23-8-6-13(7-9-23)20-17(25)16-11-24(22-21-16)14-4-5-15(19)12(2)10-14/h4-5,10-11,13H,3,6-9H2,1-2H3,(H,20,25). The first-order chi connectivity index (χ1) is 13.0. The highest BCUT2D eigenvalue weighted by Crippen LogP contribution is 2.14. The number of piperidine rings is 1. The van der Waals surface area contributed by atoms with Crippen molar-refractivity contribution in [2.75, 3.05) is 19.7 Å². The molecule has 9 heteroatoms. The zero-order valence-electron chi connectivity index (χ0n) is 15.3. The van der Waals surface area contributed by atoms with E-state index in [-0.39, 0.29) is 29.6 Å². The molecule has 3 rings (SSSR count). The first-order valence-electron chi connectivity index (χ1n) is 8.89. The second-order valence-electron chi connectivity index (χ2n) is 6.42. The summed E-state index contributed by atoms with van der Waals surface area (Å²) in [7, 11) is 0. The number of nitrogens with one attached hydrogen (secondary N) is 1. The van der Waals surface area contributed by atoms with Crippen LogP contribution in [0.5, 0.6) is 0 Å². The summed E-state index contributed by atoms with van der Waals surface area (Å²) in [6.07, 6.45) is 2.49. The Morgan fingerprint density at radius 3 is 2.74 bits per heavy atom. The third-order valence-electron chi connectivity index (χ3n) is 4.49. The van der Waals surface area contributed by atoms with Crippen LogP contribution in [0.4, 0.5) is 9.18 Å². The molecular formula is C18H22FN5O3. The van der Waals surface area contributed by atoms with Gasteiger partial charge in [0.2, 0.25) is 0 Å². The van der Waals surface area contributed by atoms with Crippen molar-refractivity contribution in [1.82, 2.24) is 25.2 Å². The van der Waals surface area contributed by atoms with E-state index in [0.29, 0.717) is 43.8 Å². The number of likely N-dealkylation sites (tertiary alicyclic amines) is 1. The first kappa shape index (κ1) is 18.8. The zero-order chi connectivity index (χ0) is 19.4. The molecule has 27 heavy (non-hydrogen) atoms. The van der Waals surface area contributed by atoms with Crippen LogP contribution >= 0.6 is 0 Å². The molecule has 144 valence electrons. The number of hydrogen-bond donors (Lipinski definition) is 1. The molecule has 8 nitrogen and oxygen atoms in total. The molecule has 2 amide bonds. The zero-order valence-corrected chi connectivity index (χ0v) is 15.3. The summed E-state index contributed by atoms with van der Waals surface area (Å²) in [5.74, 6) is -0.624. The molecule has 1 fully saturated rings. The van der Waals surface area contributed by atoms with Gasteiger partial charge in [-0.3, -0.25) is 4.79 Å². The molecular weight excluding hydrogens is 353 g/mol. The summed E-state index contributed by atoms with van der Waals surface area (Å²) in [6.45, 7) is 4.84. The Bertz CT molecular complexity index is 830. The third-order valence-corrected chi connectivity index (χ3v) is 4.49. The Hall–Kier alpha value is -2.97. The number of ether oxygens (including phenoxy) is 1. The smallest absolute Gasteiger partial charge is 0.409 e. The van der Waals surface area contributed by atoms with Gasteiger partial charge in [-0.15, -0.1) is 5.10 Å². The third kappa shape index (κ3) is 4.42. The number of aromatic nitrogens is 3. The maximum Gasteiger partial charge on any atom is 0.409 e. The molecule has 0 aliphatic carbocycles. The van der Waals surface area contributed by atoms with Gasteiger partial charge in [-0.05, 0) is 50.5 Å². The molecule has 0 spiro atoms. The van der Waals surface area contributed by atoms with Crippen molar-refractivity contribution in [1.29, 1.82) is 0 Å². The van der Waals surface area contributed by atoms with Gasteiger partial charge in [-0.1, -0.05) is 5.21 Å². The van der Waals surface area contributed by atoms with E-state index in [1.807, 2.05) is 0 Å². The van der Waals surface area contributed by atoms with E-state index in [1.165, 1.54) is 16.9 Å². The van der Waals surface area contributed by atoms with Gasteiger partial charge in [0.25, 0.3) is 5.91 Å². The van der Waals surface area contributed by atoms with Crippen molar-refractivity contribution >= 4 is 12.0 Å². The second-order valence-corrected chi connectivity index (χ2v) is 6.42. The predicted octanol–water partition coefficient (Wildman–Crippen LogP) is 2.07. The lowest BCUT2D eigenvalue weighted by Crippen LogP contribution is -2.46. The number of carbonyl (C=O) groups excluding carboxylic acids is 2. The van der Waals surface area contributed by atoms with Crippen LogP contribution < -0.4 is 5.32 Å². The highest BCUT2D eigenvalue weighted by Gasteiger charge is 2.25. The summed E-state index contributed by atoms with van der Waals surface area (Å²) in [4.78, 5) is 25.7. The largest absolute Gasteiger partial charge is 0.450 e. The molecule has 1 saturated heterocycles. The molecule has 1 aliphatic rings. The number of halogens is 1. The Morgan fingerprint density at radius 1 is 1.33 bits per heavy atom. The highest BCUT2D eigenvalue weighted by molar-refractivity contribution is 5.92. The minimum Gasteiger partial charge on any atom is -0.450 e. The highest BCUT2D eigenvalue weighted by atomic mass is 19.1. The van der Waals surface area contributed by atoms with Gasteiger partial charge < -0.3 is 15.0 Å². The summed E-state index contributed by atoms with van der Waals surface area (Å²) in [5, 5.41) is 10.8. The molecule has 1 aromatic heterocycles. The minimum atomic E-state index is -0.324. The second kappa shape index (κ2) is 8.15. The van der Waals surface area contributed by atoms with Crippen LogP contribution in [0.1, 0.15) is 35.8 Å². The molecule has 1 N–H and O–H groups in total. The topological polar surface area (TPSA) is 89.4 Å². The summed E-state index contributed by atoms with van der Waals surface area (Å²) < 4.78 is 19.8. The van der Waals surface area contributed by atoms with Gasteiger partial charge in [0.1, 0.15) is 5.82 Å². The van der Waals surface area contributed by atoms with Crippen LogP contribution in [0.3, 0.4) is 0 Å². The van der Waals surface area contributed by atoms with Gasteiger partial charge in [0.15, 0.2) is 5.69 Å². The monoisotopic (exact) mass is 375 g/mol. The van der Waals surface area contributed by atoms with Crippen molar-refractivity contribution in [3.63, 3.8) is 0 Å². The van der Waals surface area contributed by atoms with E-state index in [4.69, 9.17) is 4.74 Å². The average Bonchev–Trinajstić information content (AvgIpc) is 3.15. The molecule has 0 saturated carbocycles. The van der Waals surface area contributed by atoms with Gasteiger partial charge in [-0.25, -0.2) is 13.9 Å². The van der Waals surface area contributed by atoms with E-state index in [1.54, 1.807) is 30.9 Å². The molecule has 0 bridgehead atoms. The fourth-order valence-electron chi connectivity index (χ4n) is 2.95. The molecule has 0 radical (unpaired) electrons. The number of hydrogen-bond acceptors (Lipinski definition) is 5. The predicted molar refractivity (Wildman–Crippen MR) is 95.1 cm³/mol. The average molecular weight is 375 g/mol. The maximum atomic E-state index is 13.4. The number of carbonyl (C=O) groups is 2. The van der Waals surface area contributed by atoms with Crippen LogP contribution in [-0.4, -0.2) is 57.6 Å². The number of benzene rings is 1. The molecule has 0 atom stereocenters. The van der Waals surface area contributed by atoms with Crippen molar-refractivity contribution < 1.29 is 18.7 Å². The number of amides is 2. The molecule has 2 heterocycles. The fourth-order valence-corrected chi connectivity index (χ4v) is 2.95. The summed E-state index contributed by atoms with van der Waals surface area (Å²) in [6, 6.07) is 4.52. The number of nitrogens with zero attached hydrogens (tertiary/aromatic N) is 4. The Morgan fingerprint density at radius 2 is 2.07 bits per heavy atom. The van der Waals surface area contributed by atoms with Gasteiger partial charge in [0.05, 0.1) is 18.5 Å². The van der Waals surface area contributed by atoms with Crippen LogP contribution in [0.2, 0.25) is 0 Å². The first-order valence-corrected chi connectivity index (χ1v) is 8.89. The fraction of sp³-hybridized carbons (Fsp3) is 0.444. The Labute approximate surface area is 156 Å². The lowest BCUT2D eigenvalue weighted by atomic mass is 10.1. The van der Waals surface area contributed by atoms with Gasteiger partial charge >= 0.3 is 6.09 Å². The maximum absolute atomic E-state index is 13.4. The van der Waals surface area contributed by atoms with Crippen LogP contribution in [-0.2, 0) is 4.74 Å². The van der Waals surface area contributed by atoms with E-state index >= 15 is 0 Å². The van der Waals surface area contributed by atoms with E-state index < -0.39 is 0 Å². The number of aryl methyl sites for hydroxylation is 1.